The molecule has 0 saturated carbocycles. The normalized spacial score (nSPS) is 23.3. The van der Waals surface area contributed by atoms with E-state index in [0.717, 1.165) is 12.8 Å². The molecule has 2 unspecified atom stereocenters. The Morgan fingerprint density at radius 2 is 1.69 bits per heavy atom. The second-order valence-electron chi connectivity index (χ2n) is 11.0. The number of nitrogens with one attached hydrogen (secondary N) is 5. The average molecular weight is 587 g/mol. The summed E-state index contributed by atoms with van der Waals surface area (Å²) in [5.74, 6) is -2.74. The Labute approximate surface area is 247 Å². The molecule has 1 heterocycles. The van der Waals surface area contributed by atoms with Crippen LogP contribution in [-0.4, -0.2) is 66.7 Å². The molecule has 0 bridgehead atoms. The Morgan fingerprint density at radius 3 is 2.36 bits per heavy atom. The number of amides is 5. The maximum absolute atomic E-state index is 13.6. The highest BCUT2D eigenvalue weighted by Crippen LogP contribution is 2.18. The van der Waals surface area contributed by atoms with Crippen LogP contribution in [0.15, 0.2) is 35.3 Å². The van der Waals surface area contributed by atoms with Gasteiger partial charge in [0.05, 0.1) is 6.54 Å². The van der Waals surface area contributed by atoms with Gasteiger partial charge in [0, 0.05) is 19.0 Å². The second-order valence-corrected chi connectivity index (χ2v) is 11.0. The third-order valence-electron chi connectivity index (χ3n) is 7.02. The van der Waals surface area contributed by atoms with Gasteiger partial charge in [0.2, 0.25) is 29.5 Å². The minimum atomic E-state index is -1.26. The van der Waals surface area contributed by atoms with Crippen molar-refractivity contribution in [1.82, 2.24) is 26.6 Å². The van der Waals surface area contributed by atoms with Crippen molar-refractivity contribution in [2.24, 2.45) is 22.4 Å². The van der Waals surface area contributed by atoms with E-state index in [-0.39, 0.29) is 36.7 Å². The number of aliphatic imine (C=N–C) groups is 1. The van der Waals surface area contributed by atoms with Crippen LogP contribution >= 0.6 is 0 Å². The number of benzene rings is 1. The fourth-order valence-electron chi connectivity index (χ4n) is 4.46. The molecule has 9 N–H and O–H groups in total. The van der Waals surface area contributed by atoms with Gasteiger partial charge in [-0.3, -0.25) is 29.0 Å². The zero-order valence-corrected chi connectivity index (χ0v) is 24.8. The van der Waals surface area contributed by atoms with Gasteiger partial charge in [-0.1, -0.05) is 63.4 Å². The van der Waals surface area contributed by atoms with Gasteiger partial charge in [-0.2, -0.15) is 0 Å². The standard InChI is InChI=1S/C29H46N8O5/c1-19(2)24(39)37-29(3)15-9-4-5-10-16-32-26(41)23(20-12-7-6-8-13-20)36-22(38)18-34-25(40)21(35-27(29)42)14-11-17-33-28(30)31/h6-8,12-13,19,21,23H,4-5,9-11,14-18H2,1-3H3,(H,32,41)(H,34,40)(H,35,42)(H,36,38)(H,37,39)(H4,30,31,33)/t21?,23?,29-/m1/s1. The molecule has 0 spiro atoms. The lowest BCUT2D eigenvalue weighted by molar-refractivity contribution is -0.137. The van der Waals surface area contributed by atoms with Crippen LogP contribution in [-0.2, 0) is 24.0 Å². The Kier molecular flexibility index (Phi) is 13.7. The van der Waals surface area contributed by atoms with Crippen LogP contribution in [0.25, 0.3) is 0 Å². The quantitative estimate of drug-likeness (QED) is 0.133. The van der Waals surface area contributed by atoms with Crippen LogP contribution in [0.4, 0.5) is 0 Å². The molecule has 1 saturated heterocycles. The second kappa shape index (κ2) is 16.9. The third-order valence-corrected chi connectivity index (χ3v) is 7.02. The van der Waals surface area contributed by atoms with E-state index in [4.69, 9.17) is 11.5 Å². The average Bonchev–Trinajstić information content (AvgIpc) is 2.95. The maximum atomic E-state index is 13.6. The van der Waals surface area contributed by atoms with E-state index < -0.39 is 41.9 Å². The Hall–Kier alpha value is -4.16. The fourth-order valence-corrected chi connectivity index (χ4v) is 4.46. The van der Waals surface area contributed by atoms with E-state index in [1.807, 2.05) is 6.07 Å². The number of nitrogens with zero attached hydrogens (tertiary/aromatic N) is 1. The minimum absolute atomic E-state index is 0.0918. The summed E-state index contributed by atoms with van der Waals surface area (Å²) < 4.78 is 0. The van der Waals surface area contributed by atoms with Gasteiger partial charge in [-0.05, 0) is 38.2 Å². The van der Waals surface area contributed by atoms with E-state index in [1.165, 1.54) is 0 Å². The molecule has 0 aromatic heterocycles. The molecule has 5 amide bonds. The van der Waals surface area contributed by atoms with E-state index in [1.54, 1.807) is 45.0 Å². The molecule has 2 rings (SSSR count). The topological polar surface area (TPSA) is 210 Å². The maximum Gasteiger partial charge on any atom is 0.247 e. The Bertz CT molecular complexity index is 1110. The Balaban J connectivity index is 2.29. The lowest BCUT2D eigenvalue weighted by Gasteiger charge is -2.32. The molecule has 0 aliphatic carbocycles. The number of rotatable bonds is 7. The number of carbonyl (C=O) groups excluding carboxylic acids is 5. The molecular weight excluding hydrogens is 540 g/mol. The molecule has 3 atom stereocenters. The van der Waals surface area contributed by atoms with Gasteiger partial charge in [0.15, 0.2) is 5.96 Å². The van der Waals surface area contributed by atoms with Crippen LogP contribution in [0.1, 0.15) is 77.3 Å². The first-order valence-electron chi connectivity index (χ1n) is 14.5. The molecule has 13 heteroatoms. The first kappa shape index (κ1) is 34.0. The van der Waals surface area contributed by atoms with Crippen molar-refractivity contribution in [1.29, 1.82) is 0 Å². The molecule has 42 heavy (non-hydrogen) atoms. The summed E-state index contributed by atoms with van der Waals surface area (Å²) in [5.41, 5.74) is 10.1. The lowest BCUT2D eigenvalue weighted by Crippen LogP contribution is -2.61. The molecule has 1 aromatic carbocycles. The first-order valence-corrected chi connectivity index (χ1v) is 14.5. The van der Waals surface area contributed by atoms with Crippen molar-refractivity contribution in [2.45, 2.75) is 83.3 Å². The molecular formula is C29H46N8O5. The summed E-state index contributed by atoms with van der Waals surface area (Å²) in [5, 5.41) is 13.8. The number of carbonyl (C=O) groups is 5. The molecule has 13 nitrogen and oxygen atoms in total. The zero-order chi connectivity index (χ0) is 31.1. The molecule has 0 radical (unpaired) electrons. The third kappa shape index (κ3) is 11.4. The van der Waals surface area contributed by atoms with Crippen molar-refractivity contribution in [2.75, 3.05) is 19.6 Å². The van der Waals surface area contributed by atoms with E-state index >= 15 is 0 Å². The van der Waals surface area contributed by atoms with Crippen LogP contribution in [0, 0.1) is 5.92 Å². The number of guanidine groups is 1. The molecule has 1 aromatic rings. The van der Waals surface area contributed by atoms with Gasteiger partial charge in [0.25, 0.3) is 0 Å². The van der Waals surface area contributed by atoms with Crippen molar-refractivity contribution in [3.05, 3.63) is 35.9 Å². The largest absolute Gasteiger partial charge is 0.370 e. The summed E-state index contributed by atoms with van der Waals surface area (Å²) in [7, 11) is 0. The van der Waals surface area contributed by atoms with Crippen LogP contribution in [0.3, 0.4) is 0 Å². The van der Waals surface area contributed by atoms with Crippen LogP contribution in [0.2, 0.25) is 0 Å². The minimum Gasteiger partial charge on any atom is -0.370 e. The summed E-state index contributed by atoms with van der Waals surface area (Å²) in [6, 6.07) is 6.88. The number of nitrogens with two attached hydrogens (primary N) is 2. The number of hydrogen-bond donors (Lipinski definition) is 7. The van der Waals surface area contributed by atoms with Gasteiger partial charge >= 0.3 is 0 Å². The monoisotopic (exact) mass is 586 g/mol. The van der Waals surface area contributed by atoms with Gasteiger partial charge in [-0.25, -0.2) is 0 Å². The predicted molar refractivity (Wildman–Crippen MR) is 160 cm³/mol. The summed E-state index contributed by atoms with van der Waals surface area (Å²) >= 11 is 0. The fraction of sp³-hybridized carbons (Fsp3) is 0.586. The summed E-state index contributed by atoms with van der Waals surface area (Å²) in [4.78, 5) is 69.2. The molecule has 1 fully saturated rings. The highest BCUT2D eigenvalue weighted by atomic mass is 16.2. The van der Waals surface area contributed by atoms with Gasteiger partial charge in [0.1, 0.15) is 17.6 Å². The Morgan fingerprint density at radius 1 is 1.00 bits per heavy atom. The van der Waals surface area contributed by atoms with Gasteiger partial charge < -0.3 is 38.1 Å². The molecule has 232 valence electrons. The van der Waals surface area contributed by atoms with E-state index in [9.17, 15) is 24.0 Å². The van der Waals surface area contributed by atoms with Crippen molar-refractivity contribution in [3.63, 3.8) is 0 Å². The van der Waals surface area contributed by atoms with E-state index in [0.29, 0.717) is 37.8 Å². The summed E-state index contributed by atoms with van der Waals surface area (Å²) in [6.07, 6.45) is 3.79. The first-order chi connectivity index (χ1) is 19.9. The molecule has 1 aliphatic heterocycles. The summed E-state index contributed by atoms with van der Waals surface area (Å²) in [6.45, 7) is 5.35. The van der Waals surface area contributed by atoms with Gasteiger partial charge in [-0.15, -0.1) is 0 Å². The lowest BCUT2D eigenvalue weighted by atomic mass is 9.91. The zero-order valence-electron chi connectivity index (χ0n) is 24.8. The highest BCUT2D eigenvalue weighted by Gasteiger charge is 2.37. The van der Waals surface area contributed by atoms with Crippen molar-refractivity contribution < 1.29 is 24.0 Å². The predicted octanol–water partition coefficient (Wildman–Crippen LogP) is 0.110. The van der Waals surface area contributed by atoms with Crippen LogP contribution in [0.5, 0.6) is 0 Å². The highest BCUT2D eigenvalue weighted by molar-refractivity contribution is 5.96. The van der Waals surface area contributed by atoms with Crippen LogP contribution < -0.4 is 38.1 Å². The van der Waals surface area contributed by atoms with Crippen molar-refractivity contribution in [3.8, 4) is 0 Å². The smallest absolute Gasteiger partial charge is 0.247 e. The van der Waals surface area contributed by atoms with Crippen molar-refractivity contribution >= 4 is 35.5 Å². The SMILES string of the molecule is CC(C)C(=O)N[C@]1(C)CCCCCCNC(=O)C(c2ccccc2)NC(=O)CNC(=O)C(CCCN=C(N)N)NC1=O. The van der Waals surface area contributed by atoms with E-state index in [2.05, 4.69) is 31.6 Å². The molecule has 1 aliphatic rings. The number of hydrogen-bond acceptors (Lipinski definition) is 6.